The molecule has 0 aromatic heterocycles. The molecule has 2 aliphatic heterocycles. The molecule has 0 aliphatic carbocycles. The minimum Gasteiger partial charge on any atom is -0.378 e. The van der Waals surface area contributed by atoms with E-state index >= 15 is 0 Å². The van der Waals surface area contributed by atoms with Crippen LogP contribution in [-0.4, -0.2) is 61.1 Å². The SMILES string of the molecule is CC(C)=CCN1CCCC[C@@H]1C(=O)N1CCOCC1. The van der Waals surface area contributed by atoms with Crippen LogP contribution in [0, 0.1) is 0 Å². The molecule has 0 unspecified atom stereocenters. The van der Waals surface area contributed by atoms with Crippen molar-refractivity contribution in [3.8, 4) is 0 Å². The summed E-state index contributed by atoms with van der Waals surface area (Å²) in [5.74, 6) is 0.310. The first kappa shape index (κ1) is 14.5. The average molecular weight is 266 g/mol. The first-order valence-corrected chi connectivity index (χ1v) is 7.42. The fourth-order valence-electron chi connectivity index (χ4n) is 2.78. The van der Waals surface area contributed by atoms with Crippen molar-refractivity contribution < 1.29 is 9.53 Å². The number of piperidine rings is 1. The van der Waals surface area contributed by atoms with E-state index in [0.717, 1.165) is 32.6 Å². The molecule has 108 valence electrons. The van der Waals surface area contributed by atoms with Gasteiger partial charge >= 0.3 is 0 Å². The lowest BCUT2D eigenvalue weighted by atomic mass is 10.0. The summed E-state index contributed by atoms with van der Waals surface area (Å²) in [7, 11) is 0. The Morgan fingerprint density at radius 2 is 1.95 bits per heavy atom. The van der Waals surface area contributed by atoms with Gasteiger partial charge in [-0.05, 0) is 33.2 Å². The minimum absolute atomic E-state index is 0.0856. The van der Waals surface area contributed by atoms with Gasteiger partial charge in [0.1, 0.15) is 0 Å². The van der Waals surface area contributed by atoms with Crippen molar-refractivity contribution in [1.29, 1.82) is 0 Å². The van der Waals surface area contributed by atoms with Crippen LogP contribution >= 0.6 is 0 Å². The van der Waals surface area contributed by atoms with E-state index in [1.54, 1.807) is 0 Å². The first-order valence-electron chi connectivity index (χ1n) is 7.42. The molecule has 1 amide bonds. The zero-order valence-electron chi connectivity index (χ0n) is 12.2. The van der Waals surface area contributed by atoms with Crippen LogP contribution in [-0.2, 0) is 9.53 Å². The Labute approximate surface area is 116 Å². The van der Waals surface area contributed by atoms with E-state index < -0.39 is 0 Å². The maximum atomic E-state index is 12.6. The molecule has 0 aromatic rings. The maximum absolute atomic E-state index is 12.6. The topological polar surface area (TPSA) is 32.8 Å². The Kier molecular flexibility index (Phi) is 5.40. The largest absolute Gasteiger partial charge is 0.378 e. The number of amides is 1. The summed E-state index contributed by atoms with van der Waals surface area (Å²) in [5, 5.41) is 0. The number of rotatable bonds is 3. The normalized spacial score (nSPS) is 25.2. The average Bonchev–Trinajstić information content (AvgIpc) is 2.45. The maximum Gasteiger partial charge on any atom is 0.240 e. The number of hydrogen-bond donors (Lipinski definition) is 0. The van der Waals surface area contributed by atoms with E-state index in [2.05, 4.69) is 24.8 Å². The third-order valence-electron chi connectivity index (χ3n) is 3.96. The Morgan fingerprint density at radius 3 is 2.63 bits per heavy atom. The summed E-state index contributed by atoms with van der Waals surface area (Å²) in [6, 6.07) is 0.0856. The van der Waals surface area contributed by atoms with Crippen molar-refractivity contribution in [3.63, 3.8) is 0 Å². The molecule has 0 spiro atoms. The van der Waals surface area contributed by atoms with Crippen molar-refractivity contribution in [2.45, 2.75) is 39.2 Å². The van der Waals surface area contributed by atoms with E-state index in [-0.39, 0.29) is 6.04 Å². The fourth-order valence-corrected chi connectivity index (χ4v) is 2.78. The number of morpholine rings is 1. The van der Waals surface area contributed by atoms with Gasteiger partial charge in [-0.15, -0.1) is 0 Å². The lowest BCUT2D eigenvalue weighted by Gasteiger charge is -2.38. The Bertz CT molecular complexity index is 331. The van der Waals surface area contributed by atoms with Gasteiger partial charge in [-0.3, -0.25) is 9.69 Å². The van der Waals surface area contributed by atoms with Crippen LogP contribution in [0.25, 0.3) is 0 Å². The molecule has 2 heterocycles. The highest BCUT2D eigenvalue weighted by molar-refractivity contribution is 5.82. The monoisotopic (exact) mass is 266 g/mol. The van der Waals surface area contributed by atoms with E-state index in [9.17, 15) is 4.79 Å². The molecule has 0 saturated carbocycles. The molecule has 4 nitrogen and oxygen atoms in total. The molecule has 0 bridgehead atoms. The predicted molar refractivity (Wildman–Crippen MR) is 76.0 cm³/mol. The van der Waals surface area contributed by atoms with Gasteiger partial charge in [0.05, 0.1) is 19.3 Å². The number of nitrogens with zero attached hydrogens (tertiary/aromatic N) is 2. The van der Waals surface area contributed by atoms with Gasteiger partial charge in [0, 0.05) is 19.6 Å². The number of carbonyl (C=O) groups excluding carboxylic acids is 1. The Hall–Kier alpha value is -0.870. The van der Waals surface area contributed by atoms with Gasteiger partial charge in [0.2, 0.25) is 5.91 Å². The van der Waals surface area contributed by atoms with Crippen LogP contribution in [0.2, 0.25) is 0 Å². The molecule has 4 heteroatoms. The van der Waals surface area contributed by atoms with Gasteiger partial charge in [-0.25, -0.2) is 0 Å². The van der Waals surface area contributed by atoms with Crippen molar-refractivity contribution in [1.82, 2.24) is 9.80 Å². The molecule has 19 heavy (non-hydrogen) atoms. The van der Waals surface area contributed by atoms with Crippen LogP contribution in [0.15, 0.2) is 11.6 Å². The highest BCUT2D eigenvalue weighted by atomic mass is 16.5. The molecular weight excluding hydrogens is 240 g/mol. The third kappa shape index (κ3) is 4.05. The molecule has 2 aliphatic rings. The highest BCUT2D eigenvalue weighted by Crippen LogP contribution is 2.19. The van der Waals surface area contributed by atoms with Crippen molar-refractivity contribution in [3.05, 3.63) is 11.6 Å². The van der Waals surface area contributed by atoms with Crippen molar-refractivity contribution >= 4 is 5.91 Å². The third-order valence-corrected chi connectivity index (χ3v) is 3.96. The van der Waals surface area contributed by atoms with Crippen LogP contribution in [0.4, 0.5) is 0 Å². The van der Waals surface area contributed by atoms with E-state index in [0.29, 0.717) is 19.1 Å². The zero-order chi connectivity index (χ0) is 13.7. The summed E-state index contributed by atoms with van der Waals surface area (Å²) in [4.78, 5) is 16.9. The summed E-state index contributed by atoms with van der Waals surface area (Å²) < 4.78 is 5.33. The van der Waals surface area contributed by atoms with Crippen LogP contribution in [0.3, 0.4) is 0 Å². The second-order valence-corrected chi connectivity index (χ2v) is 5.73. The second kappa shape index (κ2) is 7.06. The Morgan fingerprint density at radius 1 is 1.21 bits per heavy atom. The zero-order valence-corrected chi connectivity index (χ0v) is 12.2. The lowest BCUT2D eigenvalue weighted by Crippen LogP contribution is -2.53. The quantitative estimate of drug-likeness (QED) is 0.728. The molecule has 0 N–H and O–H groups in total. The molecular formula is C15H26N2O2. The number of ether oxygens (including phenoxy) is 1. The van der Waals surface area contributed by atoms with Gasteiger partial charge in [0.25, 0.3) is 0 Å². The molecule has 2 saturated heterocycles. The summed E-state index contributed by atoms with van der Waals surface area (Å²) in [6.07, 6.45) is 5.62. The van der Waals surface area contributed by atoms with Gasteiger partial charge in [-0.2, -0.15) is 0 Å². The van der Waals surface area contributed by atoms with Gasteiger partial charge < -0.3 is 9.64 Å². The summed E-state index contributed by atoms with van der Waals surface area (Å²) >= 11 is 0. The second-order valence-electron chi connectivity index (χ2n) is 5.73. The lowest BCUT2D eigenvalue weighted by molar-refractivity contribution is -0.142. The number of hydrogen-bond acceptors (Lipinski definition) is 3. The van der Waals surface area contributed by atoms with Crippen LogP contribution in [0.5, 0.6) is 0 Å². The van der Waals surface area contributed by atoms with Crippen LogP contribution in [0.1, 0.15) is 33.1 Å². The van der Waals surface area contributed by atoms with Crippen molar-refractivity contribution in [2.75, 3.05) is 39.4 Å². The summed E-state index contributed by atoms with van der Waals surface area (Å²) in [6.45, 7) is 9.07. The smallest absolute Gasteiger partial charge is 0.240 e. The first-order chi connectivity index (χ1) is 9.18. The van der Waals surface area contributed by atoms with Crippen molar-refractivity contribution in [2.24, 2.45) is 0 Å². The van der Waals surface area contributed by atoms with Gasteiger partial charge in [-0.1, -0.05) is 18.1 Å². The Balaban J connectivity index is 1.97. The fraction of sp³-hybridized carbons (Fsp3) is 0.800. The van der Waals surface area contributed by atoms with Crippen LogP contribution < -0.4 is 0 Å². The molecule has 1 atom stereocenters. The number of allylic oxidation sites excluding steroid dienone is 1. The van der Waals surface area contributed by atoms with E-state index in [4.69, 9.17) is 4.74 Å². The van der Waals surface area contributed by atoms with E-state index in [1.165, 1.54) is 18.4 Å². The summed E-state index contributed by atoms with van der Waals surface area (Å²) in [5.41, 5.74) is 1.32. The molecule has 0 aromatic carbocycles. The number of carbonyl (C=O) groups is 1. The molecule has 2 rings (SSSR count). The molecule has 2 fully saturated rings. The number of likely N-dealkylation sites (tertiary alicyclic amines) is 1. The molecule has 0 radical (unpaired) electrons. The minimum atomic E-state index is 0.0856. The van der Waals surface area contributed by atoms with E-state index in [1.807, 2.05) is 4.90 Å². The van der Waals surface area contributed by atoms with Gasteiger partial charge in [0.15, 0.2) is 0 Å². The highest BCUT2D eigenvalue weighted by Gasteiger charge is 2.31. The standard InChI is InChI=1S/C15H26N2O2/c1-13(2)6-8-16-7-4-3-5-14(16)15(18)17-9-11-19-12-10-17/h6,14H,3-5,7-12H2,1-2H3/t14-/m1/s1. The predicted octanol–water partition coefficient (Wildman–Crippen LogP) is 1.67.